The summed E-state index contributed by atoms with van der Waals surface area (Å²) in [6, 6.07) is 8.47. The number of anilines is 3. The van der Waals surface area contributed by atoms with Crippen LogP contribution in [-0.4, -0.2) is 52.6 Å². The van der Waals surface area contributed by atoms with Crippen LogP contribution in [0.2, 0.25) is 5.15 Å². The molecule has 11 heteroatoms. The molecule has 0 unspecified atom stereocenters. The number of ether oxygens (including phenoxy) is 6. The van der Waals surface area contributed by atoms with Crippen LogP contribution >= 0.6 is 11.6 Å². The van der Waals surface area contributed by atoms with Gasteiger partial charge in [-0.3, -0.25) is 0 Å². The van der Waals surface area contributed by atoms with Gasteiger partial charge >= 0.3 is 0 Å². The van der Waals surface area contributed by atoms with Gasteiger partial charge in [0.1, 0.15) is 5.15 Å². The lowest BCUT2D eigenvalue weighted by Gasteiger charge is -2.14. The monoisotopic (exact) mass is 478 g/mol. The summed E-state index contributed by atoms with van der Waals surface area (Å²) < 4.78 is 31.0. The van der Waals surface area contributed by atoms with Crippen molar-refractivity contribution in [1.29, 1.82) is 0 Å². The summed E-state index contributed by atoms with van der Waals surface area (Å²) in [7, 11) is 9.31. The second kappa shape index (κ2) is 12.3. The van der Waals surface area contributed by atoms with E-state index in [1.807, 2.05) is 0 Å². The molecule has 1 aromatic heterocycles. The van der Waals surface area contributed by atoms with Crippen LogP contribution < -0.4 is 39.5 Å². The zero-order chi connectivity index (χ0) is 24.4. The minimum absolute atomic E-state index is 0.356. The number of nitrogens with zero attached hydrogens (tertiary/aromatic N) is 2. The van der Waals surface area contributed by atoms with Gasteiger partial charge in [-0.15, -0.1) is 0 Å². The lowest BCUT2D eigenvalue weighted by Crippen LogP contribution is -2.00. The fraction of sp³-hybridized carbons (Fsp3) is 0.273. The molecule has 0 atom stereocenters. The Bertz CT molecular complexity index is 1020. The molecule has 0 saturated carbocycles. The highest BCUT2D eigenvalue weighted by Crippen LogP contribution is 2.40. The van der Waals surface area contributed by atoms with Crippen molar-refractivity contribution in [1.82, 2.24) is 9.97 Å². The quantitative estimate of drug-likeness (QED) is 0.360. The third kappa shape index (κ3) is 6.59. The van der Waals surface area contributed by atoms with Crippen molar-refractivity contribution in [3.63, 3.8) is 0 Å². The maximum absolute atomic E-state index is 5.82. The fourth-order valence-electron chi connectivity index (χ4n) is 2.78. The van der Waals surface area contributed by atoms with Crippen molar-refractivity contribution in [2.75, 3.05) is 53.7 Å². The first-order chi connectivity index (χ1) is 15.9. The van der Waals surface area contributed by atoms with Crippen molar-refractivity contribution < 1.29 is 28.4 Å². The first-order valence-corrected chi connectivity index (χ1v) is 9.89. The van der Waals surface area contributed by atoms with Crippen LogP contribution in [0.15, 0.2) is 36.5 Å². The molecule has 0 radical (unpaired) electrons. The van der Waals surface area contributed by atoms with Gasteiger partial charge in [0, 0.05) is 41.8 Å². The molecule has 0 aliphatic carbocycles. The third-order valence-corrected chi connectivity index (χ3v) is 4.44. The summed E-state index contributed by atoms with van der Waals surface area (Å²) >= 11 is 5.82. The Balaban J connectivity index is 0.000000257. The molecule has 3 aromatic rings. The minimum atomic E-state index is 0.356. The number of nitrogens with one attached hydrogen (secondary N) is 1. The van der Waals surface area contributed by atoms with E-state index in [1.165, 1.54) is 0 Å². The predicted molar refractivity (Wildman–Crippen MR) is 127 cm³/mol. The van der Waals surface area contributed by atoms with Crippen molar-refractivity contribution in [2.24, 2.45) is 0 Å². The van der Waals surface area contributed by atoms with Crippen LogP contribution in [0.5, 0.6) is 34.5 Å². The van der Waals surface area contributed by atoms with Crippen molar-refractivity contribution in [3.05, 3.63) is 41.7 Å². The zero-order valence-corrected chi connectivity index (χ0v) is 20.0. The van der Waals surface area contributed by atoms with Gasteiger partial charge in [0.15, 0.2) is 23.0 Å². The normalized spacial score (nSPS) is 9.79. The third-order valence-electron chi connectivity index (χ3n) is 4.23. The fourth-order valence-corrected chi connectivity index (χ4v) is 2.92. The molecule has 0 saturated heterocycles. The Labute approximate surface area is 197 Å². The SMILES string of the molecule is COc1cc(N)cc(OC)c1OC.COc1cc(Nc2nccc(Cl)n2)cc(OC)c1OC. The Kier molecular flexibility index (Phi) is 9.49. The van der Waals surface area contributed by atoms with E-state index in [4.69, 9.17) is 45.8 Å². The number of benzene rings is 2. The first-order valence-electron chi connectivity index (χ1n) is 9.51. The number of halogens is 1. The molecule has 1 heterocycles. The molecule has 2 aromatic carbocycles. The van der Waals surface area contributed by atoms with E-state index in [9.17, 15) is 0 Å². The van der Waals surface area contributed by atoms with Crippen LogP contribution in [0.3, 0.4) is 0 Å². The molecule has 3 rings (SSSR count). The Morgan fingerprint density at radius 3 is 1.58 bits per heavy atom. The van der Waals surface area contributed by atoms with E-state index in [0.29, 0.717) is 57.0 Å². The molecule has 0 spiro atoms. The Morgan fingerprint density at radius 1 is 0.727 bits per heavy atom. The van der Waals surface area contributed by atoms with E-state index < -0.39 is 0 Å². The number of aromatic nitrogens is 2. The second-order valence-corrected chi connectivity index (χ2v) is 6.59. The molecule has 0 bridgehead atoms. The largest absolute Gasteiger partial charge is 0.493 e. The molecule has 33 heavy (non-hydrogen) atoms. The summed E-state index contributed by atoms with van der Waals surface area (Å²) in [5, 5.41) is 3.38. The van der Waals surface area contributed by atoms with Gasteiger partial charge in [-0.05, 0) is 6.07 Å². The van der Waals surface area contributed by atoms with Crippen LogP contribution in [-0.2, 0) is 0 Å². The average Bonchev–Trinajstić information content (AvgIpc) is 2.83. The number of hydrogen-bond acceptors (Lipinski definition) is 10. The smallest absolute Gasteiger partial charge is 0.228 e. The maximum atomic E-state index is 5.82. The number of hydrogen-bond donors (Lipinski definition) is 2. The average molecular weight is 479 g/mol. The van der Waals surface area contributed by atoms with Crippen LogP contribution in [0.1, 0.15) is 0 Å². The minimum Gasteiger partial charge on any atom is -0.493 e. The molecule has 178 valence electrons. The van der Waals surface area contributed by atoms with Crippen molar-refractivity contribution in [3.8, 4) is 34.5 Å². The summed E-state index contributed by atoms with van der Waals surface area (Å²) in [6.45, 7) is 0. The summed E-state index contributed by atoms with van der Waals surface area (Å²) in [6.07, 6.45) is 1.57. The number of nitrogens with two attached hydrogens (primary N) is 1. The lowest BCUT2D eigenvalue weighted by molar-refractivity contribution is 0.324. The van der Waals surface area contributed by atoms with Gasteiger partial charge in [0.25, 0.3) is 0 Å². The van der Waals surface area contributed by atoms with Crippen molar-refractivity contribution in [2.45, 2.75) is 0 Å². The van der Waals surface area contributed by atoms with Gasteiger partial charge in [-0.25, -0.2) is 9.97 Å². The molecule has 0 amide bonds. The van der Waals surface area contributed by atoms with E-state index in [2.05, 4.69) is 15.3 Å². The van der Waals surface area contributed by atoms with Gasteiger partial charge in [0.05, 0.1) is 42.7 Å². The Morgan fingerprint density at radius 2 is 1.18 bits per heavy atom. The predicted octanol–water partition coefficient (Wildman–Crippen LogP) is 4.19. The van der Waals surface area contributed by atoms with Crippen LogP contribution in [0, 0.1) is 0 Å². The number of rotatable bonds is 8. The molecule has 0 fully saturated rings. The van der Waals surface area contributed by atoms with Gasteiger partial charge in [-0.1, -0.05) is 11.6 Å². The summed E-state index contributed by atoms with van der Waals surface area (Å²) in [5.74, 6) is 3.67. The number of nitrogen functional groups attached to an aromatic ring is 1. The molecule has 10 nitrogen and oxygen atoms in total. The molecular formula is C22H27ClN4O6. The highest BCUT2D eigenvalue weighted by Gasteiger charge is 2.14. The van der Waals surface area contributed by atoms with E-state index in [0.717, 1.165) is 0 Å². The van der Waals surface area contributed by atoms with E-state index >= 15 is 0 Å². The highest BCUT2D eigenvalue weighted by atomic mass is 35.5. The van der Waals surface area contributed by atoms with Gasteiger partial charge < -0.3 is 39.5 Å². The number of methoxy groups -OCH3 is 6. The Hall–Kier alpha value is -3.79. The standard InChI is InChI=1S/C13H14ClN3O3.C9H13NO3/c1-18-9-6-8(7-10(19-2)12(9)20-3)16-13-15-5-4-11(14)17-13;1-11-7-4-6(10)5-8(12-2)9(7)13-3/h4-7H,1-3H3,(H,15,16,17);4-5H,10H2,1-3H3. The van der Waals surface area contributed by atoms with E-state index in [-0.39, 0.29) is 0 Å². The topological polar surface area (TPSA) is 119 Å². The van der Waals surface area contributed by atoms with Crippen LogP contribution in [0.25, 0.3) is 0 Å². The lowest BCUT2D eigenvalue weighted by atomic mass is 10.2. The zero-order valence-electron chi connectivity index (χ0n) is 19.3. The highest BCUT2D eigenvalue weighted by molar-refractivity contribution is 6.29. The summed E-state index contributed by atoms with van der Waals surface area (Å²) in [5.41, 5.74) is 6.89. The molecule has 0 aliphatic rings. The van der Waals surface area contributed by atoms with E-state index in [1.54, 1.807) is 79.2 Å². The van der Waals surface area contributed by atoms with Crippen molar-refractivity contribution >= 4 is 28.9 Å². The first kappa shape index (κ1) is 25.5. The van der Waals surface area contributed by atoms with Crippen LogP contribution in [0.4, 0.5) is 17.3 Å². The summed E-state index contributed by atoms with van der Waals surface area (Å²) in [4.78, 5) is 8.12. The maximum Gasteiger partial charge on any atom is 0.228 e. The molecule has 0 aliphatic heterocycles. The molecule has 3 N–H and O–H groups in total. The van der Waals surface area contributed by atoms with Gasteiger partial charge in [0.2, 0.25) is 17.4 Å². The second-order valence-electron chi connectivity index (χ2n) is 6.20. The van der Waals surface area contributed by atoms with Gasteiger partial charge in [-0.2, -0.15) is 0 Å². The molecular weight excluding hydrogens is 452 g/mol.